The minimum atomic E-state index is 0.544. The molecule has 0 aromatic rings. The molecule has 1 atom stereocenters. The van der Waals surface area contributed by atoms with Crippen molar-refractivity contribution in [2.45, 2.75) is 25.4 Å². The molecule has 0 aromatic heterocycles. The molecular weight excluding hydrogens is 164 g/mol. The molecule has 2 aliphatic heterocycles. The summed E-state index contributed by atoms with van der Waals surface area (Å²) < 4.78 is 5.33. The third-order valence-electron chi connectivity index (χ3n) is 2.74. The van der Waals surface area contributed by atoms with Crippen LogP contribution in [-0.4, -0.2) is 37.4 Å². The monoisotopic (exact) mass is 182 g/mol. The zero-order valence-electron chi connectivity index (χ0n) is 8.04. The summed E-state index contributed by atoms with van der Waals surface area (Å²) >= 11 is 0. The van der Waals surface area contributed by atoms with Crippen LogP contribution < -0.4 is 5.32 Å². The Morgan fingerprint density at radius 2 is 2.15 bits per heavy atom. The van der Waals surface area contributed by atoms with Crippen LogP contribution in [0.15, 0.2) is 12.3 Å². The molecule has 1 N–H and O–H groups in total. The van der Waals surface area contributed by atoms with Gasteiger partial charge in [0.1, 0.15) is 0 Å². The highest BCUT2D eigenvalue weighted by Gasteiger charge is 2.19. The molecule has 3 heteroatoms. The molecule has 0 bridgehead atoms. The third-order valence-corrected chi connectivity index (χ3v) is 2.74. The van der Waals surface area contributed by atoms with Gasteiger partial charge >= 0.3 is 0 Å². The minimum absolute atomic E-state index is 0.544. The molecule has 0 aromatic carbocycles. The van der Waals surface area contributed by atoms with Crippen LogP contribution in [0, 0.1) is 0 Å². The second-order valence-corrected chi connectivity index (χ2v) is 3.66. The Morgan fingerprint density at radius 1 is 1.31 bits per heavy atom. The zero-order chi connectivity index (χ0) is 8.93. The first-order valence-corrected chi connectivity index (χ1v) is 5.20. The SMILES string of the molecule is C1=CNC(N2CCOCC2)CCC1. The second kappa shape index (κ2) is 4.63. The van der Waals surface area contributed by atoms with Gasteiger partial charge in [0, 0.05) is 13.1 Å². The average molecular weight is 182 g/mol. The molecule has 3 nitrogen and oxygen atoms in total. The topological polar surface area (TPSA) is 24.5 Å². The molecular formula is C10H18N2O. The Morgan fingerprint density at radius 3 is 3.00 bits per heavy atom. The maximum Gasteiger partial charge on any atom is 0.0789 e. The van der Waals surface area contributed by atoms with E-state index in [-0.39, 0.29) is 0 Å². The normalized spacial score (nSPS) is 30.9. The van der Waals surface area contributed by atoms with Gasteiger partial charge in [-0.25, -0.2) is 0 Å². The van der Waals surface area contributed by atoms with Crippen molar-refractivity contribution in [1.29, 1.82) is 0 Å². The fraction of sp³-hybridized carbons (Fsp3) is 0.800. The number of nitrogens with one attached hydrogen (secondary N) is 1. The summed E-state index contributed by atoms with van der Waals surface area (Å²) in [5, 5.41) is 3.44. The average Bonchev–Trinajstić information content (AvgIpc) is 2.47. The Hall–Kier alpha value is -0.540. The van der Waals surface area contributed by atoms with Gasteiger partial charge in [0.25, 0.3) is 0 Å². The molecule has 0 amide bonds. The number of morpholine rings is 1. The molecule has 0 radical (unpaired) electrons. The largest absolute Gasteiger partial charge is 0.379 e. The molecule has 2 rings (SSSR count). The summed E-state index contributed by atoms with van der Waals surface area (Å²) in [6, 6.07) is 0. The van der Waals surface area contributed by atoms with Gasteiger partial charge in [0.05, 0.1) is 19.4 Å². The first-order valence-electron chi connectivity index (χ1n) is 5.20. The molecule has 2 heterocycles. The highest BCUT2D eigenvalue weighted by Crippen LogP contribution is 2.11. The predicted molar refractivity (Wildman–Crippen MR) is 52.3 cm³/mol. The minimum Gasteiger partial charge on any atom is -0.379 e. The summed E-state index contributed by atoms with van der Waals surface area (Å²) in [4.78, 5) is 2.49. The lowest BCUT2D eigenvalue weighted by Crippen LogP contribution is -2.48. The van der Waals surface area contributed by atoms with E-state index in [1.165, 1.54) is 19.3 Å². The fourth-order valence-corrected chi connectivity index (χ4v) is 1.95. The summed E-state index contributed by atoms with van der Waals surface area (Å²) in [5.41, 5.74) is 0. The number of allylic oxidation sites excluding steroid dienone is 1. The molecule has 74 valence electrons. The van der Waals surface area contributed by atoms with Gasteiger partial charge in [-0.3, -0.25) is 4.90 Å². The first-order chi connectivity index (χ1) is 6.47. The van der Waals surface area contributed by atoms with E-state index in [2.05, 4.69) is 22.5 Å². The van der Waals surface area contributed by atoms with Crippen LogP contribution in [0.1, 0.15) is 19.3 Å². The molecule has 2 aliphatic rings. The van der Waals surface area contributed by atoms with Gasteiger partial charge in [0.15, 0.2) is 0 Å². The van der Waals surface area contributed by atoms with Crippen LogP contribution in [-0.2, 0) is 4.74 Å². The molecule has 0 saturated carbocycles. The van der Waals surface area contributed by atoms with Crippen molar-refractivity contribution >= 4 is 0 Å². The van der Waals surface area contributed by atoms with Crippen LogP contribution in [0.4, 0.5) is 0 Å². The highest BCUT2D eigenvalue weighted by atomic mass is 16.5. The first kappa shape index (κ1) is 9.03. The molecule has 13 heavy (non-hydrogen) atoms. The Kier molecular flexibility index (Phi) is 3.22. The van der Waals surface area contributed by atoms with Gasteiger partial charge < -0.3 is 10.1 Å². The van der Waals surface area contributed by atoms with Gasteiger partial charge in [-0.2, -0.15) is 0 Å². The van der Waals surface area contributed by atoms with Gasteiger partial charge in [-0.15, -0.1) is 0 Å². The molecule has 0 aliphatic carbocycles. The van der Waals surface area contributed by atoms with E-state index in [4.69, 9.17) is 4.74 Å². The van der Waals surface area contributed by atoms with Crippen LogP contribution >= 0.6 is 0 Å². The van der Waals surface area contributed by atoms with Crippen molar-refractivity contribution in [3.8, 4) is 0 Å². The summed E-state index contributed by atoms with van der Waals surface area (Å²) in [6.45, 7) is 3.93. The van der Waals surface area contributed by atoms with Gasteiger partial charge in [-0.05, 0) is 25.5 Å². The van der Waals surface area contributed by atoms with Crippen molar-refractivity contribution in [2.24, 2.45) is 0 Å². The smallest absolute Gasteiger partial charge is 0.0789 e. The van der Waals surface area contributed by atoms with E-state index < -0.39 is 0 Å². The lowest BCUT2D eigenvalue weighted by Gasteiger charge is -2.34. The summed E-state index contributed by atoms with van der Waals surface area (Å²) in [7, 11) is 0. The Labute approximate surface area is 79.7 Å². The van der Waals surface area contributed by atoms with E-state index >= 15 is 0 Å². The quantitative estimate of drug-likeness (QED) is 0.653. The second-order valence-electron chi connectivity index (χ2n) is 3.66. The van der Waals surface area contributed by atoms with Gasteiger partial charge in [-0.1, -0.05) is 6.08 Å². The van der Waals surface area contributed by atoms with Crippen molar-refractivity contribution in [3.63, 3.8) is 0 Å². The van der Waals surface area contributed by atoms with Crippen LogP contribution in [0.2, 0.25) is 0 Å². The van der Waals surface area contributed by atoms with Crippen LogP contribution in [0.3, 0.4) is 0 Å². The Balaban J connectivity index is 1.86. The zero-order valence-corrected chi connectivity index (χ0v) is 8.04. The third kappa shape index (κ3) is 2.45. The van der Waals surface area contributed by atoms with E-state index in [1.807, 2.05) is 0 Å². The maximum atomic E-state index is 5.33. The number of nitrogens with zero attached hydrogens (tertiary/aromatic N) is 1. The molecule has 1 fully saturated rings. The van der Waals surface area contributed by atoms with Crippen molar-refractivity contribution in [3.05, 3.63) is 12.3 Å². The van der Waals surface area contributed by atoms with Crippen molar-refractivity contribution < 1.29 is 4.74 Å². The van der Waals surface area contributed by atoms with Crippen molar-refractivity contribution in [2.75, 3.05) is 26.3 Å². The fourth-order valence-electron chi connectivity index (χ4n) is 1.95. The molecule has 0 spiro atoms. The standard InChI is InChI=1S/C10H18N2O/c1-2-4-10(11-5-3-1)12-6-8-13-9-7-12/h3,5,10-11H,1-2,4,6-9H2. The Bertz CT molecular complexity index is 176. The highest BCUT2D eigenvalue weighted by molar-refractivity contribution is 4.87. The summed E-state index contributed by atoms with van der Waals surface area (Å²) in [6.07, 6.45) is 8.64. The predicted octanol–water partition coefficient (Wildman–Crippen LogP) is 0.932. The van der Waals surface area contributed by atoms with E-state index in [0.29, 0.717) is 6.17 Å². The van der Waals surface area contributed by atoms with E-state index in [1.54, 1.807) is 0 Å². The number of rotatable bonds is 1. The van der Waals surface area contributed by atoms with Crippen molar-refractivity contribution in [1.82, 2.24) is 10.2 Å². The van der Waals surface area contributed by atoms with Gasteiger partial charge in [0.2, 0.25) is 0 Å². The lowest BCUT2D eigenvalue weighted by atomic mass is 10.2. The summed E-state index contributed by atoms with van der Waals surface area (Å²) in [5.74, 6) is 0. The molecule has 1 unspecified atom stereocenters. The number of hydrogen-bond acceptors (Lipinski definition) is 3. The van der Waals surface area contributed by atoms with Crippen LogP contribution in [0.5, 0.6) is 0 Å². The number of ether oxygens (including phenoxy) is 1. The lowest BCUT2D eigenvalue weighted by molar-refractivity contribution is 0.0101. The van der Waals surface area contributed by atoms with E-state index in [9.17, 15) is 0 Å². The maximum absolute atomic E-state index is 5.33. The van der Waals surface area contributed by atoms with E-state index in [0.717, 1.165) is 26.3 Å². The van der Waals surface area contributed by atoms with Crippen LogP contribution in [0.25, 0.3) is 0 Å². The molecule has 1 saturated heterocycles. The number of hydrogen-bond donors (Lipinski definition) is 1.